The van der Waals surface area contributed by atoms with E-state index >= 15 is 0 Å². The van der Waals surface area contributed by atoms with E-state index in [1.54, 1.807) is 0 Å². The highest BCUT2D eigenvalue weighted by Crippen LogP contribution is 2.45. The zero-order valence-electron chi connectivity index (χ0n) is 8.93. The Labute approximate surface area is 80.6 Å². The summed E-state index contributed by atoms with van der Waals surface area (Å²) < 4.78 is 11.9. The molecule has 2 heterocycles. The van der Waals surface area contributed by atoms with Crippen LogP contribution >= 0.6 is 0 Å². The number of hydrogen-bond donors (Lipinski definition) is 0. The molecule has 2 saturated heterocycles. The van der Waals surface area contributed by atoms with Crippen molar-refractivity contribution in [1.29, 1.82) is 0 Å². The van der Waals surface area contributed by atoms with Gasteiger partial charge in [-0.15, -0.1) is 0 Å². The maximum atomic E-state index is 6.01. The molecular formula is C11H20O2. The van der Waals surface area contributed by atoms with Crippen LogP contribution in [0.1, 0.15) is 46.5 Å². The molecule has 0 aliphatic carbocycles. The Kier molecular flexibility index (Phi) is 2.16. The second-order valence-corrected chi connectivity index (χ2v) is 4.88. The van der Waals surface area contributed by atoms with Crippen LogP contribution in [0.2, 0.25) is 0 Å². The van der Waals surface area contributed by atoms with E-state index in [9.17, 15) is 0 Å². The summed E-state index contributed by atoms with van der Waals surface area (Å²) in [6.07, 6.45) is 5.06. The summed E-state index contributed by atoms with van der Waals surface area (Å²) in [4.78, 5) is 0. The normalized spacial score (nSPS) is 51.5. The second-order valence-electron chi connectivity index (χ2n) is 4.88. The molecule has 0 radical (unpaired) electrons. The van der Waals surface area contributed by atoms with Gasteiger partial charge in [-0.1, -0.05) is 0 Å². The molecular weight excluding hydrogens is 164 g/mol. The first-order valence-corrected chi connectivity index (χ1v) is 5.38. The van der Waals surface area contributed by atoms with Crippen molar-refractivity contribution in [3.05, 3.63) is 0 Å². The molecule has 0 N–H and O–H groups in total. The molecule has 0 bridgehead atoms. The predicted molar refractivity (Wildman–Crippen MR) is 51.8 cm³/mol. The molecule has 76 valence electrons. The van der Waals surface area contributed by atoms with Gasteiger partial charge < -0.3 is 9.47 Å². The van der Waals surface area contributed by atoms with Gasteiger partial charge in [-0.2, -0.15) is 0 Å². The summed E-state index contributed by atoms with van der Waals surface area (Å²) in [5.74, 6) is 0. The van der Waals surface area contributed by atoms with E-state index in [1.165, 1.54) is 12.8 Å². The summed E-state index contributed by atoms with van der Waals surface area (Å²) in [5, 5.41) is 0. The maximum absolute atomic E-state index is 6.01. The third-order valence-corrected chi connectivity index (χ3v) is 3.83. The van der Waals surface area contributed by atoms with Crippen molar-refractivity contribution in [3.8, 4) is 0 Å². The summed E-state index contributed by atoms with van der Waals surface area (Å²) >= 11 is 0. The molecule has 2 rings (SSSR count). The van der Waals surface area contributed by atoms with Gasteiger partial charge in [0.15, 0.2) is 0 Å². The van der Waals surface area contributed by atoms with Gasteiger partial charge in [0.25, 0.3) is 0 Å². The Morgan fingerprint density at radius 3 is 2.38 bits per heavy atom. The summed E-state index contributed by atoms with van der Waals surface area (Å²) in [6, 6.07) is 0. The van der Waals surface area contributed by atoms with Crippen LogP contribution in [0.15, 0.2) is 0 Å². The van der Waals surface area contributed by atoms with E-state index < -0.39 is 0 Å². The Morgan fingerprint density at radius 2 is 1.92 bits per heavy atom. The van der Waals surface area contributed by atoms with E-state index in [-0.39, 0.29) is 11.2 Å². The van der Waals surface area contributed by atoms with Crippen molar-refractivity contribution < 1.29 is 9.47 Å². The predicted octanol–water partition coefficient (Wildman–Crippen LogP) is 2.51. The van der Waals surface area contributed by atoms with Gasteiger partial charge in [-0.25, -0.2) is 0 Å². The first-order chi connectivity index (χ1) is 6.06. The lowest BCUT2D eigenvalue weighted by atomic mass is 9.81. The maximum Gasteiger partial charge on any atom is 0.0944 e. The summed E-state index contributed by atoms with van der Waals surface area (Å²) in [5.41, 5.74) is -0.0688. The lowest BCUT2D eigenvalue weighted by Gasteiger charge is -2.40. The first-order valence-electron chi connectivity index (χ1n) is 5.38. The van der Waals surface area contributed by atoms with Gasteiger partial charge in [-0.05, 0) is 46.5 Å². The number of hydrogen-bond acceptors (Lipinski definition) is 2. The molecule has 2 aliphatic heterocycles. The Bertz CT molecular complexity index is 196. The van der Waals surface area contributed by atoms with E-state index in [0.717, 1.165) is 19.4 Å². The SMILES string of the molecule is CC1CCC(C)(C2(C)CCCO2)O1. The topological polar surface area (TPSA) is 18.5 Å². The average molecular weight is 184 g/mol. The van der Waals surface area contributed by atoms with Crippen LogP contribution in [0.4, 0.5) is 0 Å². The van der Waals surface area contributed by atoms with Gasteiger partial charge in [0, 0.05) is 6.61 Å². The quantitative estimate of drug-likeness (QED) is 0.623. The molecule has 13 heavy (non-hydrogen) atoms. The Balaban J connectivity index is 2.14. The molecule has 3 unspecified atom stereocenters. The van der Waals surface area contributed by atoms with Crippen molar-refractivity contribution in [3.63, 3.8) is 0 Å². The smallest absolute Gasteiger partial charge is 0.0944 e. The van der Waals surface area contributed by atoms with Crippen LogP contribution in [0.25, 0.3) is 0 Å². The Hall–Kier alpha value is -0.0800. The average Bonchev–Trinajstić information content (AvgIpc) is 2.61. The van der Waals surface area contributed by atoms with E-state index in [0.29, 0.717) is 6.10 Å². The van der Waals surface area contributed by atoms with Crippen molar-refractivity contribution in [1.82, 2.24) is 0 Å². The zero-order chi connectivity index (χ0) is 9.53. The monoisotopic (exact) mass is 184 g/mol. The fourth-order valence-corrected chi connectivity index (χ4v) is 2.63. The second kappa shape index (κ2) is 2.96. The van der Waals surface area contributed by atoms with Gasteiger partial charge in [0.05, 0.1) is 17.3 Å². The van der Waals surface area contributed by atoms with Crippen molar-refractivity contribution in [2.45, 2.75) is 63.8 Å². The van der Waals surface area contributed by atoms with Crippen molar-refractivity contribution in [2.24, 2.45) is 0 Å². The fourth-order valence-electron chi connectivity index (χ4n) is 2.63. The minimum atomic E-state index is -0.0388. The summed E-state index contributed by atoms with van der Waals surface area (Å²) in [6.45, 7) is 7.48. The largest absolute Gasteiger partial charge is 0.372 e. The number of ether oxygens (including phenoxy) is 2. The van der Waals surface area contributed by atoms with Crippen LogP contribution in [0, 0.1) is 0 Å². The standard InChI is InChI=1S/C11H20O2/c1-9-5-7-11(3,13-9)10(2)6-4-8-12-10/h9H,4-8H2,1-3H3. The van der Waals surface area contributed by atoms with Crippen LogP contribution in [0.5, 0.6) is 0 Å². The first kappa shape index (κ1) is 9.47. The van der Waals surface area contributed by atoms with Gasteiger partial charge in [0.1, 0.15) is 0 Å². The molecule has 0 amide bonds. The fraction of sp³-hybridized carbons (Fsp3) is 1.00. The minimum absolute atomic E-state index is 0.0300. The summed E-state index contributed by atoms with van der Waals surface area (Å²) in [7, 11) is 0. The van der Waals surface area contributed by atoms with Crippen molar-refractivity contribution in [2.75, 3.05) is 6.61 Å². The minimum Gasteiger partial charge on any atom is -0.372 e. The zero-order valence-corrected chi connectivity index (χ0v) is 8.93. The third kappa shape index (κ3) is 1.40. The molecule has 0 aromatic carbocycles. The molecule has 0 spiro atoms. The van der Waals surface area contributed by atoms with Gasteiger partial charge in [-0.3, -0.25) is 0 Å². The molecule has 0 aromatic rings. The van der Waals surface area contributed by atoms with Crippen molar-refractivity contribution >= 4 is 0 Å². The molecule has 2 heteroatoms. The lowest BCUT2D eigenvalue weighted by Crippen LogP contribution is -2.49. The lowest BCUT2D eigenvalue weighted by molar-refractivity contribution is -0.162. The molecule has 2 nitrogen and oxygen atoms in total. The Morgan fingerprint density at radius 1 is 1.15 bits per heavy atom. The molecule has 2 fully saturated rings. The van der Waals surface area contributed by atoms with E-state index in [4.69, 9.17) is 9.47 Å². The van der Waals surface area contributed by atoms with Gasteiger partial charge in [0.2, 0.25) is 0 Å². The highest BCUT2D eigenvalue weighted by molar-refractivity contribution is 5.02. The molecule has 0 saturated carbocycles. The molecule has 3 atom stereocenters. The number of rotatable bonds is 1. The van der Waals surface area contributed by atoms with Crippen LogP contribution in [-0.4, -0.2) is 23.9 Å². The molecule has 0 aromatic heterocycles. The van der Waals surface area contributed by atoms with E-state index in [1.807, 2.05) is 0 Å². The highest BCUT2D eigenvalue weighted by atomic mass is 16.6. The highest BCUT2D eigenvalue weighted by Gasteiger charge is 2.51. The van der Waals surface area contributed by atoms with Gasteiger partial charge >= 0.3 is 0 Å². The van der Waals surface area contributed by atoms with Crippen LogP contribution < -0.4 is 0 Å². The van der Waals surface area contributed by atoms with Crippen LogP contribution in [0.3, 0.4) is 0 Å². The third-order valence-electron chi connectivity index (χ3n) is 3.83. The van der Waals surface area contributed by atoms with Crippen LogP contribution in [-0.2, 0) is 9.47 Å². The van der Waals surface area contributed by atoms with E-state index in [2.05, 4.69) is 20.8 Å². The molecule has 2 aliphatic rings.